The highest BCUT2D eigenvalue weighted by atomic mass is 16.5. The lowest BCUT2D eigenvalue weighted by Crippen LogP contribution is -1.97. The summed E-state index contributed by atoms with van der Waals surface area (Å²) in [6, 6.07) is 56.2. The molecular formula is C40H26O. The predicted octanol–water partition coefficient (Wildman–Crippen LogP) is 11.3. The van der Waals surface area contributed by atoms with Crippen molar-refractivity contribution < 1.29 is 4.74 Å². The Morgan fingerprint density at radius 1 is 0.293 bits per heavy atom. The van der Waals surface area contributed by atoms with Crippen LogP contribution in [0.1, 0.15) is 0 Å². The molecule has 0 bridgehead atoms. The maximum absolute atomic E-state index is 6.31. The van der Waals surface area contributed by atoms with E-state index in [1.807, 2.05) is 12.1 Å². The summed E-state index contributed by atoms with van der Waals surface area (Å²) in [7, 11) is 0. The van der Waals surface area contributed by atoms with Gasteiger partial charge in [0.25, 0.3) is 0 Å². The average Bonchev–Trinajstić information content (AvgIpc) is 3.06. The monoisotopic (exact) mass is 522 g/mol. The lowest BCUT2D eigenvalue weighted by molar-refractivity contribution is 0.487. The van der Waals surface area contributed by atoms with E-state index in [-0.39, 0.29) is 0 Å². The molecule has 0 fully saturated rings. The highest BCUT2D eigenvalue weighted by molar-refractivity contribution is 6.09. The zero-order chi connectivity index (χ0) is 27.2. The van der Waals surface area contributed by atoms with Crippen LogP contribution in [-0.4, -0.2) is 0 Å². The molecule has 0 atom stereocenters. The van der Waals surface area contributed by atoms with Gasteiger partial charge in [-0.1, -0.05) is 140 Å². The van der Waals surface area contributed by atoms with Crippen LogP contribution in [-0.2, 0) is 0 Å². The minimum absolute atomic E-state index is 0.915. The second kappa shape index (κ2) is 9.66. The summed E-state index contributed by atoms with van der Waals surface area (Å²) in [6.45, 7) is 0. The molecule has 41 heavy (non-hydrogen) atoms. The summed E-state index contributed by atoms with van der Waals surface area (Å²) < 4.78 is 6.31. The Morgan fingerprint density at radius 3 is 1.66 bits per heavy atom. The number of hydrogen-bond donors (Lipinski definition) is 0. The largest absolute Gasteiger partial charge is 0.456 e. The second-order valence-electron chi connectivity index (χ2n) is 10.5. The molecule has 0 saturated heterocycles. The van der Waals surface area contributed by atoms with E-state index in [1.165, 1.54) is 60.8 Å². The fourth-order valence-corrected chi connectivity index (χ4v) is 6.12. The molecule has 7 aromatic carbocycles. The number of fused-ring (bicyclic) bond motifs is 2. The summed E-state index contributed by atoms with van der Waals surface area (Å²) in [5.74, 6) is 1.83. The van der Waals surface area contributed by atoms with Crippen molar-refractivity contribution in [2.24, 2.45) is 0 Å². The van der Waals surface area contributed by atoms with E-state index in [0.717, 1.165) is 17.1 Å². The SMILES string of the molecule is c1ccc(-c2ccc(-c3ccc(-c4ccc5c6c(cccc46)-c4ccccc4O5)cc3)cc2-c2ccccc2)cc1. The van der Waals surface area contributed by atoms with Gasteiger partial charge in [0.05, 0.1) is 0 Å². The maximum Gasteiger partial charge on any atom is 0.135 e. The van der Waals surface area contributed by atoms with Gasteiger partial charge in [-0.05, 0) is 73.7 Å². The normalized spacial score (nSPS) is 11.6. The third kappa shape index (κ3) is 4.02. The molecule has 0 N–H and O–H groups in total. The molecule has 0 saturated carbocycles. The van der Waals surface area contributed by atoms with Crippen LogP contribution in [0.15, 0.2) is 158 Å². The predicted molar refractivity (Wildman–Crippen MR) is 171 cm³/mol. The molecular weight excluding hydrogens is 496 g/mol. The summed E-state index contributed by atoms with van der Waals surface area (Å²) in [6.07, 6.45) is 0. The highest BCUT2D eigenvalue weighted by Gasteiger charge is 2.21. The first-order valence-electron chi connectivity index (χ1n) is 14.0. The first kappa shape index (κ1) is 23.5. The van der Waals surface area contributed by atoms with Crippen LogP contribution in [0.3, 0.4) is 0 Å². The van der Waals surface area contributed by atoms with Crippen molar-refractivity contribution in [3.05, 3.63) is 158 Å². The van der Waals surface area contributed by atoms with Crippen molar-refractivity contribution in [3.63, 3.8) is 0 Å². The summed E-state index contributed by atoms with van der Waals surface area (Å²) in [5, 5.41) is 2.39. The summed E-state index contributed by atoms with van der Waals surface area (Å²) in [5.41, 5.74) is 12.1. The molecule has 1 heterocycles. The molecule has 0 aliphatic carbocycles. The fraction of sp³-hybridized carbons (Fsp3) is 0. The molecule has 0 amide bonds. The lowest BCUT2D eigenvalue weighted by Gasteiger charge is -2.22. The number of ether oxygens (including phenoxy) is 1. The average molecular weight is 523 g/mol. The van der Waals surface area contributed by atoms with Crippen molar-refractivity contribution in [1.82, 2.24) is 0 Å². The zero-order valence-corrected chi connectivity index (χ0v) is 22.4. The number of para-hydroxylation sites is 1. The third-order valence-electron chi connectivity index (χ3n) is 8.12. The molecule has 7 aromatic rings. The van der Waals surface area contributed by atoms with Crippen molar-refractivity contribution in [2.45, 2.75) is 0 Å². The van der Waals surface area contributed by atoms with Gasteiger partial charge in [0.1, 0.15) is 11.5 Å². The van der Waals surface area contributed by atoms with Crippen LogP contribution in [0, 0.1) is 0 Å². The molecule has 0 spiro atoms. The summed E-state index contributed by atoms with van der Waals surface area (Å²) >= 11 is 0. The van der Waals surface area contributed by atoms with E-state index >= 15 is 0 Å². The van der Waals surface area contributed by atoms with Gasteiger partial charge in [-0.15, -0.1) is 0 Å². The van der Waals surface area contributed by atoms with Gasteiger partial charge in [0.2, 0.25) is 0 Å². The van der Waals surface area contributed by atoms with Crippen LogP contribution in [0.5, 0.6) is 11.5 Å². The van der Waals surface area contributed by atoms with Gasteiger partial charge in [0, 0.05) is 10.9 Å². The van der Waals surface area contributed by atoms with Gasteiger partial charge >= 0.3 is 0 Å². The number of rotatable bonds is 4. The van der Waals surface area contributed by atoms with E-state index in [9.17, 15) is 0 Å². The first-order chi connectivity index (χ1) is 20.3. The van der Waals surface area contributed by atoms with Crippen molar-refractivity contribution >= 4 is 10.8 Å². The van der Waals surface area contributed by atoms with E-state index in [1.54, 1.807) is 0 Å². The minimum Gasteiger partial charge on any atom is -0.456 e. The highest BCUT2D eigenvalue weighted by Crippen LogP contribution is 2.48. The molecule has 0 aromatic heterocycles. The lowest BCUT2D eigenvalue weighted by atomic mass is 9.89. The Hall–Kier alpha value is -5.40. The van der Waals surface area contributed by atoms with E-state index < -0.39 is 0 Å². The van der Waals surface area contributed by atoms with E-state index in [4.69, 9.17) is 4.74 Å². The van der Waals surface area contributed by atoms with Gasteiger partial charge < -0.3 is 4.74 Å². The number of hydrogen-bond acceptors (Lipinski definition) is 1. The standard InChI is InChI=1S/C40H26O/c1-3-10-28(11-4-1)33-23-22-31(26-37(33)29-12-5-2-6-13-29)27-18-20-30(21-19-27)32-24-25-39-40-35(32)15-9-16-36(40)34-14-7-8-17-38(34)41-39/h1-26H. The van der Waals surface area contributed by atoms with Crippen molar-refractivity contribution in [2.75, 3.05) is 0 Å². The molecule has 0 radical (unpaired) electrons. The van der Waals surface area contributed by atoms with Crippen LogP contribution in [0.25, 0.3) is 66.4 Å². The van der Waals surface area contributed by atoms with Gasteiger partial charge in [-0.3, -0.25) is 0 Å². The second-order valence-corrected chi connectivity index (χ2v) is 10.5. The molecule has 8 rings (SSSR count). The molecule has 1 aliphatic heterocycles. The van der Waals surface area contributed by atoms with E-state index in [2.05, 4.69) is 146 Å². The van der Waals surface area contributed by atoms with Crippen LogP contribution in [0.4, 0.5) is 0 Å². The Labute approximate surface area is 240 Å². The smallest absolute Gasteiger partial charge is 0.135 e. The topological polar surface area (TPSA) is 9.23 Å². The zero-order valence-electron chi connectivity index (χ0n) is 22.4. The van der Waals surface area contributed by atoms with Gasteiger partial charge in [-0.25, -0.2) is 0 Å². The molecule has 1 heteroatoms. The molecule has 192 valence electrons. The van der Waals surface area contributed by atoms with Crippen LogP contribution in [0.2, 0.25) is 0 Å². The molecule has 1 aliphatic rings. The molecule has 0 unspecified atom stereocenters. The summed E-state index contributed by atoms with van der Waals surface area (Å²) in [4.78, 5) is 0. The Kier molecular flexibility index (Phi) is 5.53. The van der Waals surface area contributed by atoms with Crippen molar-refractivity contribution in [1.29, 1.82) is 0 Å². The molecule has 1 nitrogen and oxygen atoms in total. The van der Waals surface area contributed by atoms with Gasteiger partial charge in [0.15, 0.2) is 0 Å². The Balaban J connectivity index is 1.21. The van der Waals surface area contributed by atoms with Crippen LogP contribution >= 0.6 is 0 Å². The maximum atomic E-state index is 6.31. The fourth-order valence-electron chi connectivity index (χ4n) is 6.12. The van der Waals surface area contributed by atoms with Gasteiger partial charge in [-0.2, -0.15) is 0 Å². The van der Waals surface area contributed by atoms with E-state index in [0.29, 0.717) is 0 Å². The number of benzene rings is 7. The first-order valence-corrected chi connectivity index (χ1v) is 14.0. The van der Waals surface area contributed by atoms with Crippen molar-refractivity contribution in [3.8, 4) is 67.1 Å². The third-order valence-corrected chi connectivity index (χ3v) is 8.12. The van der Waals surface area contributed by atoms with Crippen LogP contribution < -0.4 is 4.74 Å². The Morgan fingerprint density at radius 2 is 0.878 bits per heavy atom. The quantitative estimate of drug-likeness (QED) is 0.223. The Bertz CT molecular complexity index is 2040. The minimum atomic E-state index is 0.915.